The van der Waals surface area contributed by atoms with E-state index in [0.717, 1.165) is 25.0 Å². The van der Waals surface area contributed by atoms with Gasteiger partial charge in [-0.3, -0.25) is 5.11 Å². The first-order chi connectivity index (χ1) is 15.3. The van der Waals surface area contributed by atoms with E-state index in [9.17, 15) is 22.7 Å². The van der Waals surface area contributed by atoms with Crippen LogP contribution in [-0.4, -0.2) is 0 Å². The molecule has 0 aliphatic rings. The molecular weight excluding hydrogens is 425 g/mol. The minimum Gasteiger partial charge on any atom is -0.289 e. The van der Waals surface area contributed by atoms with E-state index in [0.29, 0.717) is 18.1 Å². The Morgan fingerprint density at radius 2 is 1.47 bits per heavy atom. The van der Waals surface area contributed by atoms with Crippen molar-refractivity contribution in [3.05, 3.63) is 87.7 Å². The zero-order chi connectivity index (χ0) is 23.4. The van der Waals surface area contributed by atoms with Crippen LogP contribution in [0.25, 0.3) is 11.1 Å². The number of halogens is 5. The van der Waals surface area contributed by atoms with Gasteiger partial charge in [0.25, 0.3) is 0 Å². The Morgan fingerprint density at radius 1 is 0.812 bits per heavy atom. The first-order valence-corrected chi connectivity index (χ1v) is 10.1. The quantitative estimate of drug-likeness (QED) is 0.356. The molecule has 0 fully saturated rings. The number of rotatable bonds is 7. The van der Waals surface area contributed by atoms with Gasteiger partial charge in [-0.1, -0.05) is 25.5 Å². The highest BCUT2D eigenvalue weighted by molar-refractivity contribution is 5.72. The van der Waals surface area contributed by atoms with Gasteiger partial charge in [-0.25, -0.2) is 22.0 Å². The fraction of sp³-hybridized carbons (Fsp3) is 0.240. The first kappa shape index (κ1) is 23.3. The van der Waals surface area contributed by atoms with Crippen LogP contribution in [0.5, 0.6) is 5.75 Å². The van der Waals surface area contributed by atoms with E-state index >= 15 is 4.39 Å². The molecule has 0 spiro atoms. The van der Waals surface area contributed by atoms with E-state index in [4.69, 9.17) is 5.26 Å². The molecule has 32 heavy (non-hydrogen) atoms. The van der Waals surface area contributed by atoms with Gasteiger partial charge >= 0.3 is 0 Å². The monoisotopic (exact) mass is 444 g/mol. The van der Waals surface area contributed by atoms with E-state index in [1.165, 1.54) is 18.2 Å². The normalized spacial score (nSPS) is 10.9. The summed E-state index contributed by atoms with van der Waals surface area (Å²) in [7, 11) is 0. The maximum absolute atomic E-state index is 15.1. The second-order valence-electron chi connectivity index (χ2n) is 7.49. The smallest absolute Gasteiger partial charge is 0.192 e. The maximum Gasteiger partial charge on any atom is 0.192 e. The van der Waals surface area contributed by atoms with Gasteiger partial charge in [-0.05, 0) is 55.0 Å². The fourth-order valence-electron chi connectivity index (χ4n) is 3.56. The van der Waals surface area contributed by atoms with E-state index in [1.54, 1.807) is 6.07 Å². The molecule has 165 valence electrons. The number of benzene rings is 3. The molecule has 7 heteroatoms. The highest BCUT2D eigenvalue weighted by atomic mass is 19.1. The molecule has 0 heterocycles. The van der Waals surface area contributed by atoms with Crippen LogP contribution in [0.4, 0.5) is 22.0 Å². The molecule has 0 bridgehead atoms. The minimum absolute atomic E-state index is 0.0806. The molecule has 1 radical (unpaired) electrons. The average molecular weight is 444 g/mol. The molecule has 0 saturated carbocycles. The summed E-state index contributed by atoms with van der Waals surface area (Å²) in [6.07, 6.45) is 1.90. The topological polar surface area (TPSA) is 43.7 Å². The van der Waals surface area contributed by atoms with Gasteiger partial charge in [0.2, 0.25) is 0 Å². The molecule has 0 unspecified atom stereocenters. The summed E-state index contributed by atoms with van der Waals surface area (Å²) in [4.78, 5) is 0. The second-order valence-corrected chi connectivity index (χ2v) is 7.49. The van der Waals surface area contributed by atoms with Crippen LogP contribution >= 0.6 is 0 Å². The summed E-state index contributed by atoms with van der Waals surface area (Å²) in [5.41, 5.74) is -1.31. The average Bonchev–Trinajstić information content (AvgIpc) is 2.73. The highest BCUT2D eigenvalue weighted by Crippen LogP contribution is 2.38. The summed E-state index contributed by atoms with van der Waals surface area (Å²) < 4.78 is 71.8. The predicted octanol–water partition coefficient (Wildman–Crippen LogP) is 7.19. The number of aryl methyl sites for hydroxylation is 2. The van der Waals surface area contributed by atoms with Crippen LogP contribution in [0.15, 0.2) is 36.4 Å². The van der Waals surface area contributed by atoms with Crippen LogP contribution in [-0.2, 0) is 24.4 Å². The molecule has 0 aliphatic heterocycles. The Balaban J connectivity index is 1.95. The van der Waals surface area contributed by atoms with Crippen molar-refractivity contribution in [3.63, 3.8) is 0 Å². The van der Waals surface area contributed by atoms with E-state index in [-0.39, 0.29) is 24.0 Å². The molecule has 0 aromatic heterocycles. The fourth-order valence-corrected chi connectivity index (χ4v) is 3.56. The molecule has 0 atom stereocenters. The lowest BCUT2D eigenvalue weighted by Gasteiger charge is -2.13. The Labute approximate surface area is 182 Å². The SMILES string of the molecule is CCCCc1ccc(-c2c([O])cc(F)c(CCc3cc(F)c(C#N)c(F)c3)c2F)c(F)c1. The van der Waals surface area contributed by atoms with Gasteiger partial charge in [-0.15, -0.1) is 0 Å². The van der Waals surface area contributed by atoms with Gasteiger partial charge in [-0.2, -0.15) is 5.26 Å². The van der Waals surface area contributed by atoms with Crippen LogP contribution in [0.1, 0.15) is 42.0 Å². The Kier molecular flexibility index (Phi) is 7.14. The lowest BCUT2D eigenvalue weighted by molar-refractivity contribution is 0.350. The summed E-state index contributed by atoms with van der Waals surface area (Å²) >= 11 is 0. The van der Waals surface area contributed by atoms with E-state index < -0.39 is 51.5 Å². The standard InChI is InChI=1S/C25H19F5NO/c1-2-3-4-14-5-7-16(19(26)9-14)24-23(32)12-22(29)17(25(24)30)8-6-15-10-20(27)18(13-31)21(28)11-15/h5,7,9-12H,2-4,6,8H2,1H3. The van der Waals surface area contributed by atoms with Crippen molar-refractivity contribution in [3.8, 4) is 22.9 Å². The van der Waals surface area contributed by atoms with Crippen molar-refractivity contribution in [1.82, 2.24) is 0 Å². The van der Waals surface area contributed by atoms with E-state index in [1.807, 2.05) is 6.92 Å². The molecule has 0 amide bonds. The zero-order valence-corrected chi connectivity index (χ0v) is 17.2. The van der Waals surface area contributed by atoms with Gasteiger partial charge in [0, 0.05) is 17.2 Å². The number of unbranched alkanes of at least 4 members (excludes halogenated alkanes) is 1. The van der Waals surface area contributed by atoms with Gasteiger partial charge < -0.3 is 0 Å². The van der Waals surface area contributed by atoms with Crippen molar-refractivity contribution in [1.29, 1.82) is 5.26 Å². The van der Waals surface area contributed by atoms with Crippen molar-refractivity contribution >= 4 is 0 Å². The zero-order valence-electron chi connectivity index (χ0n) is 17.2. The van der Waals surface area contributed by atoms with Crippen molar-refractivity contribution < 1.29 is 27.1 Å². The molecule has 0 N–H and O–H groups in total. The molecule has 0 saturated heterocycles. The maximum atomic E-state index is 15.1. The van der Waals surface area contributed by atoms with Crippen molar-refractivity contribution in [2.24, 2.45) is 0 Å². The van der Waals surface area contributed by atoms with Crippen LogP contribution in [0, 0.1) is 40.4 Å². The van der Waals surface area contributed by atoms with Gasteiger partial charge in [0.1, 0.15) is 40.7 Å². The molecule has 3 aromatic carbocycles. The predicted molar refractivity (Wildman–Crippen MR) is 109 cm³/mol. The summed E-state index contributed by atoms with van der Waals surface area (Å²) in [5.74, 6) is -6.27. The molecule has 3 rings (SSSR count). The third kappa shape index (κ3) is 4.75. The third-order valence-corrected chi connectivity index (χ3v) is 5.28. The lowest BCUT2D eigenvalue weighted by atomic mass is 9.95. The highest BCUT2D eigenvalue weighted by Gasteiger charge is 2.23. The summed E-state index contributed by atoms with van der Waals surface area (Å²) in [5, 5.41) is 21.0. The van der Waals surface area contributed by atoms with Crippen molar-refractivity contribution in [2.45, 2.75) is 39.0 Å². The summed E-state index contributed by atoms with van der Waals surface area (Å²) in [6, 6.07) is 7.93. The minimum atomic E-state index is -1.20. The number of nitriles is 1. The van der Waals surface area contributed by atoms with Crippen LogP contribution in [0.2, 0.25) is 0 Å². The van der Waals surface area contributed by atoms with Crippen LogP contribution < -0.4 is 0 Å². The lowest BCUT2D eigenvalue weighted by Crippen LogP contribution is -2.03. The van der Waals surface area contributed by atoms with Gasteiger partial charge in [0.15, 0.2) is 5.75 Å². The largest absolute Gasteiger partial charge is 0.289 e. The molecular formula is C25H19F5NO. The molecule has 0 aliphatic carbocycles. The third-order valence-electron chi connectivity index (χ3n) is 5.28. The Morgan fingerprint density at radius 3 is 2.06 bits per heavy atom. The van der Waals surface area contributed by atoms with Crippen LogP contribution in [0.3, 0.4) is 0 Å². The Hall–Kier alpha value is -3.40. The first-order valence-electron chi connectivity index (χ1n) is 10.1. The molecule has 3 aromatic rings. The Bertz CT molecular complexity index is 1180. The number of nitrogens with zero attached hydrogens (tertiary/aromatic N) is 1. The number of hydrogen-bond acceptors (Lipinski definition) is 1. The summed E-state index contributed by atoms with van der Waals surface area (Å²) in [6.45, 7) is 1.99. The van der Waals surface area contributed by atoms with E-state index in [2.05, 4.69) is 0 Å². The molecule has 2 nitrogen and oxygen atoms in total. The second kappa shape index (κ2) is 9.82. The van der Waals surface area contributed by atoms with Crippen molar-refractivity contribution in [2.75, 3.05) is 0 Å². The van der Waals surface area contributed by atoms with Gasteiger partial charge in [0.05, 0.1) is 5.56 Å². The number of hydrogen-bond donors (Lipinski definition) is 0.